The van der Waals surface area contributed by atoms with Crippen molar-refractivity contribution in [1.82, 2.24) is 9.78 Å². The quantitative estimate of drug-likeness (QED) is 0.895. The van der Waals surface area contributed by atoms with Crippen molar-refractivity contribution in [1.29, 1.82) is 0 Å². The van der Waals surface area contributed by atoms with E-state index in [-0.39, 0.29) is 0 Å². The largest absolute Gasteiger partial charge is 0.497 e. The van der Waals surface area contributed by atoms with Gasteiger partial charge in [0.05, 0.1) is 26.5 Å². The van der Waals surface area contributed by atoms with Gasteiger partial charge in [-0.1, -0.05) is 0 Å². The van der Waals surface area contributed by atoms with E-state index in [9.17, 15) is 0 Å². The number of benzene rings is 1. The smallest absolute Gasteiger partial charge is 0.122 e. The van der Waals surface area contributed by atoms with Crippen molar-refractivity contribution in [3.8, 4) is 11.5 Å². The first kappa shape index (κ1) is 12.3. The minimum Gasteiger partial charge on any atom is -0.497 e. The van der Waals surface area contributed by atoms with E-state index in [2.05, 4.69) is 5.10 Å². The Kier molecular flexibility index (Phi) is 3.41. The molecule has 1 aromatic heterocycles. The number of nitrogens with two attached hydrogens (primary N) is 1. The molecule has 0 atom stereocenters. The molecule has 0 bridgehead atoms. The Balaban J connectivity index is 2.30. The molecule has 0 fully saturated rings. The Labute approximate surface area is 106 Å². The van der Waals surface area contributed by atoms with Gasteiger partial charge in [-0.25, -0.2) is 4.68 Å². The van der Waals surface area contributed by atoms with Crippen molar-refractivity contribution in [2.45, 2.75) is 13.5 Å². The van der Waals surface area contributed by atoms with Crippen LogP contribution in [0, 0.1) is 6.92 Å². The molecule has 5 nitrogen and oxygen atoms in total. The van der Waals surface area contributed by atoms with Crippen LogP contribution in [0.1, 0.15) is 11.3 Å². The van der Waals surface area contributed by atoms with Crippen LogP contribution in [0.5, 0.6) is 11.5 Å². The number of aryl methyl sites for hydroxylation is 1. The number of methoxy groups -OCH3 is 2. The topological polar surface area (TPSA) is 62.3 Å². The number of nitrogen functional groups attached to an aromatic ring is 1. The van der Waals surface area contributed by atoms with Crippen LogP contribution < -0.4 is 15.2 Å². The minimum absolute atomic E-state index is 0.591. The average molecular weight is 247 g/mol. The highest BCUT2D eigenvalue weighted by Gasteiger charge is 2.06. The Morgan fingerprint density at radius 3 is 2.17 bits per heavy atom. The Bertz CT molecular complexity index is 527. The molecule has 1 aromatic carbocycles. The zero-order valence-electron chi connectivity index (χ0n) is 10.8. The summed E-state index contributed by atoms with van der Waals surface area (Å²) in [5, 5.41) is 4.33. The predicted octanol–water partition coefficient (Wildman–Crippen LogP) is 1.84. The molecule has 0 radical (unpaired) electrons. The van der Waals surface area contributed by atoms with Gasteiger partial charge in [0.25, 0.3) is 0 Å². The first-order chi connectivity index (χ1) is 8.62. The van der Waals surface area contributed by atoms with Crippen LogP contribution in [0.2, 0.25) is 0 Å². The van der Waals surface area contributed by atoms with Crippen molar-refractivity contribution < 1.29 is 9.47 Å². The molecule has 2 aromatic rings. The minimum atomic E-state index is 0.591. The molecule has 18 heavy (non-hydrogen) atoms. The lowest BCUT2D eigenvalue weighted by atomic mass is 10.2. The van der Waals surface area contributed by atoms with Gasteiger partial charge in [0.1, 0.15) is 17.3 Å². The second-order valence-corrected chi connectivity index (χ2v) is 4.09. The molecule has 0 saturated carbocycles. The normalized spacial score (nSPS) is 10.4. The highest BCUT2D eigenvalue weighted by atomic mass is 16.5. The summed E-state index contributed by atoms with van der Waals surface area (Å²) >= 11 is 0. The number of rotatable bonds is 4. The van der Waals surface area contributed by atoms with Crippen LogP contribution in [0.25, 0.3) is 0 Å². The molecular weight excluding hydrogens is 230 g/mol. The van der Waals surface area contributed by atoms with E-state index in [1.807, 2.05) is 31.2 Å². The van der Waals surface area contributed by atoms with Crippen molar-refractivity contribution >= 4 is 5.82 Å². The van der Waals surface area contributed by atoms with E-state index in [0.29, 0.717) is 12.4 Å². The fraction of sp³-hybridized carbons (Fsp3) is 0.308. The number of hydrogen-bond acceptors (Lipinski definition) is 4. The van der Waals surface area contributed by atoms with E-state index >= 15 is 0 Å². The molecule has 96 valence electrons. The summed E-state index contributed by atoms with van der Waals surface area (Å²) in [4.78, 5) is 0. The van der Waals surface area contributed by atoms with Crippen LogP contribution >= 0.6 is 0 Å². The molecule has 0 amide bonds. The van der Waals surface area contributed by atoms with Crippen LogP contribution in [0.15, 0.2) is 24.3 Å². The Hall–Kier alpha value is -2.17. The monoisotopic (exact) mass is 247 g/mol. The molecule has 0 aliphatic heterocycles. The van der Waals surface area contributed by atoms with Crippen molar-refractivity contribution in [3.63, 3.8) is 0 Å². The van der Waals surface area contributed by atoms with E-state index < -0.39 is 0 Å². The number of ether oxygens (including phenoxy) is 2. The van der Waals surface area contributed by atoms with Crippen LogP contribution in [0.3, 0.4) is 0 Å². The van der Waals surface area contributed by atoms with Gasteiger partial charge in [-0.3, -0.25) is 0 Å². The SMILES string of the molecule is COc1cc(Cn2nc(C)cc2N)cc(OC)c1. The highest BCUT2D eigenvalue weighted by molar-refractivity contribution is 5.39. The van der Waals surface area contributed by atoms with Crippen molar-refractivity contribution in [3.05, 3.63) is 35.5 Å². The van der Waals surface area contributed by atoms with Gasteiger partial charge in [-0.15, -0.1) is 0 Å². The van der Waals surface area contributed by atoms with Crippen LogP contribution in [-0.4, -0.2) is 24.0 Å². The van der Waals surface area contributed by atoms with Crippen molar-refractivity contribution in [2.24, 2.45) is 0 Å². The Morgan fingerprint density at radius 1 is 1.11 bits per heavy atom. The summed E-state index contributed by atoms with van der Waals surface area (Å²) in [6, 6.07) is 7.57. The molecule has 0 unspecified atom stereocenters. The fourth-order valence-electron chi connectivity index (χ4n) is 1.82. The van der Waals surface area contributed by atoms with Gasteiger partial charge in [0.2, 0.25) is 0 Å². The summed E-state index contributed by atoms with van der Waals surface area (Å²) in [7, 11) is 3.26. The van der Waals surface area contributed by atoms with Gasteiger partial charge in [0, 0.05) is 12.1 Å². The zero-order valence-corrected chi connectivity index (χ0v) is 10.8. The lowest BCUT2D eigenvalue weighted by Crippen LogP contribution is -2.06. The van der Waals surface area contributed by atoms with E-state index in [1.165, 1.54) is 0 Å². The molecule has 0 aliphatic rings. The zero-order chi connectivity index (χ0) is 13.1. The lowest BCUT2D eigenvalue weighted by molar-refractivity contribution is 0.393. The lowest BCUT2D eigenvalue weighted by Gasteiger charge is -2.09. The molecule has 1 heterocycles. The second-order valence-electron chi connectivity index (χ2n) is 4.09. The predicted molar refractivity (Wildman–Crippen MR) is 70.0 cm³/mol. The summed E-state index contributed by atoms with van der Waals surface area (Å²) in [6.07, 6.45) is 0. The third-order valence-electron chi connectivity index (χ3n) is 2.68. The molecule has 2 rings (SSSR count). The maximum absolute atomic E-state index is 5.87. The molecule has 5 heteroatoms. The van der Waals surface area contributed by atoms with Gasteiger partial charge in [0.15, 0.2) is 0 Å². The van der Waals surface area contributed by atoms with Gasteiger partial charge in [-0.05, 0) is 24.6 Å². The average Bonchev–Trinajstić information content (AvgIpc) is 2.67. The summed E-state index contributed by atoms with van der Waals surface area (Å²) in [5.41, 5.74) is 7.80. The van der Waals surface area contributed by atoms with Gasteiger partial charge < -0.3 is 15.2 Å². The van der Waals surface area contributed by atoms with E-state index in [4.69, 9.17) is 15.2 Å². The summed E-state index contributed by atoms with van der Waals surface area (Å²) in [5.74, 6) is 2.16. The molecule has 2 N–H and O–H groups in total. The maximum atomic E-state index is 5.87. The molecule has 0 saturated heterocycles. The van der Waals surface area contributed by atoms with Gasteiger partial charge in [-0.2, -0.15) is 5.10 Å². The fourth-order valence-corrected chi connectivity index (χ4v) is 1.82. The molecular formula is C13H17N3O2. The molecule has 0 aliphatic carbocycles. The van der Waals surface area contributed by atoms with E-state index in [1.54, 1.807) is 18.9 Å². The highest BCUT2D eigenvalue weighted by Crippen LogP contribution is 2.23. The van der Waals surface area contributed by atoms with Crippen LogP contribution in [0.4, 0.5) is 5.82 Å². The number of aromatic nitrogens is 2. The van der Waals surface area contributed by atoms with E-state index in [0.717, 1.165) is 22.8 Å². The number of anilines is 1. The summed E-state index contributed by atoms with van der Waals surface area (Å²) < 4.78 is 12.2. The first-order valence-electron chi connectivity index (χ1n) is 5.64. The number of nitrogens with zero attached hydrogens (tertiary/aromatic N) is 2. The second kappa shape index (κ2) is 5.00. The first-order valence-corrected chi connectivity index (χ1v) is 5.64. The maximum Gasteiger partial charge on any atom is 0.122 e. The third-order valence-corrected chi connectivity index (χ3v) is 2.68. The standard InChI is InChI=1S/C13H17N3O2/c1-9-4-13(14)16(15-9)8-10-5-11(17-2)7-12(6-10)18-3/h4-7H,8,14H2,1-3H3. The van der Waals surface area contributed by atoms with Gasteiger partial charge >= 0.3 is 0 Å². The number of hydrogen-bond donors (Lipinski definition) is 1. The van der Waals surface area contributed by atoms with Crippen LogP contribution in [-0.2, 0) is 6.54 Å². The third kappa shape index (κ3) is 2.56. The Morgan fingerprint density at radius 2 is 1.72 bits per heavy atom. The van der Waals surface area contributed by atoms with Crippen molar-refractivity contribution in [2.75, 3.05) is 20.0 Å². The molecule has 0 spiro atoms. The summed E-state index contributed by atoms with van der Waals surface area (Å²) in [6.45, 7) is 2.51.